The van der Waals surface area contributed by atoms with Gasteiger partial charge in [-0.2, -0.15) is 0 Å². The zero-order valence-corrected chi connectivity index (χ0v) is 32.4. The Kier molecular flexibility index (Phi) is 35.5. The predicted octanol–water partition coefficient (Wildman–Crippen LogP) is 12.8. The van der Waals surface area contributed by atoms with Crippen molar-refractivity contribution in [1.82, 2.24) is 0 Å². The topological polar surface area (TPSA) is 78.9 Å². The number of carbonyl (C=O) groups excluding carboxylic acids is 3. The van der Waals surface area contributed by atoms with Gasteiger partial charge in [-0.15, -0.1) is 0 Å². The van der Waals surface area contributed by atoms with Crippen molar-refractivity contribution in [3.8, 4) is 0 Å². The standard InChI is InChI=1S/C42H80O6/c1-5-8-10-12-14-15-16-17-22-25-29-33-40(43)46-36-39(48-42(45)35-31-27-20-13-11-9-6-2)37-47-41(44)34-30-26-23-19-18-21-24-28-32-38(4)7-3/h38-39H,5-37H2,1-4H3/t38?,39-/m0/s1. The molecule has 0 aromatic rings. The van der Waals surface area contributed by atoms with Crippen LogP contribution < -0.4 is 0 Å². The Bertz CT molecular complexity index is 723. The summed E-state index contributed by atoms with van der Waals surface area (Å²) in [5.41, 5.74) is 0. The van der Waals surface area contributed by atoms with Crippen LogP contribution in [0.1, 0.15) is 227 Å². The highest BCUT2D eigenvalue weighted by molar-refractivity contribution is 5.71. The van der Waals surface area contributed by atoms with Crippen molar-refractivity contribution >= 4 is 17.9 Å². The minimum Gasteiger partial charge on any atom is -0.462 e. The maximum absolute atomic E-state index is 12.6. The summed E-state index contributed by atoms with van der Waals surface area (Å²) in [6.45, 7) is 8.93. The predicted molar refractivity (Wildman–Crippen MR) is 201 cm³/mol. The Morgan fingerprint density at radius 2 is 0.729 bits per heavy atom. The van der Waals surface area contributed by atoms with Crippen molar-refractivity contribution in [2.45, 2.75) is 233 Å². The van der Waals surface area contributed by atoms with Crippen molar-refractivity contribution in [2.24, 2.45) is 5.92 Å². The van der Waals surface area contributed by atoms with Crippen LogP contribution in [0.3, 0.4) is 0 Å². The first-order valence-corrected chi connectivity index (χ1v) is 20.9. The third-order valence-corrected chi connectivity index (χ3v) is 9.65. The van der Waals surface area contributed by atoms with E-state index in [-0.39, 0.29) is 31.1 Å². The Labute approximate surface area is 298 Å². The van der Waals surface area contributed by atoms with Gasteiger partial charge in [0, 0.05) is 19.3 Å². The maximum Gasteiger partial charge on any atom is 0.306 e. The Hall–Kier alpha value is -1.59. The highest BCUT2D eigenvalue weighted by atomic mass is 16.6. The lowest BCUT2D eigenvalue weighted by atomic mass is 9.99. The van der Waals surface area contributed by atoms with Crippen LogP contribution in [-0.2, 0) is 28.6 Å². The highest BCUT2D eigenvalue weighted by Gasteiger charge is 2.19. The summed E-state index contributed by atoms with van der Waals surface area (Å²) in [7, 11) is 0. The normalized spacial score (nSPS) is 12.5. The summed E-state index contributed by atoms with van der Waals surface area (Å²) in [4.78, 5) is 37.4. The van der Waals surface area contributed by atoms with E-state index in [0.717, 1.165) is 63.7 Å². The fourth-order valence-electron chi connectivity index (χ4n) is 6.06. The van der Waals surface area contributed by atoms with E-state index in [4.69, 9.17) is 14.2 Å². The molecule has 1 unspecified atom stereocenters. The molecule has 0 aromatic carbocycles. The van der Waals surface area contributed by atoms with Crippen LogP contribution in [0.4, 0.5) is 0 Å². The number of ether oxygens (including phenoxy) is 3. The van der Waals surface area contributed by atoms with E-state index in [1.807, 2.05) is 0 Å². The smallest absolute Gasteiger partial charge is 0.306 e. The molecule has 0 rings (SSSR count). The molecule has 0 radical (unpaired) electrons. The van der Waals surface area contributed by atoms with Crippen molar-refractivity contribution in [1.29, 1.82) is 0 Å². The van der Waals surface area contributed by atoms with E-state index in [9.17, 15) is 14.4 Å². The van der Waals surface area contributed by atoms with Crippen LogP contribution in [0.15, 0.2) is 0 Å². The molecule has 0 saturated carbocycles. The first-order valence-electron chi connectivity index (χ1n) is 20.9. The van der Waals surface area contributed by atoms with Gasteiger partial charge in [0.05, 0.1) is 0 Å². The molecule has 0 N–H and O–H groups in total. The Balaban J connectivity index is 4.29. The third-order valence-electron chi connectivity index (χ3n) is 9.65. The van der Waals surface area contributed by atoms with Gasteiger partial charge < -0.3 is 14.2 Å². The van der Waals surface area contributed by atoms with E-state index < -0.39 is 6.10 Å². The molecule has 6 heteroatoms. The molecular weight excluding hydrogens is 600 g/mol. The molecule has 0 aliphatic heterocycles. The first kappa shape index (κ1) is 46.4. The van der Waals surface area contributed by atoms with E-state index >= 15 is 0 Å². The van der Waals surface area contributed by atoms with Crippen LogP contribution in [0.2, 0.25) is 0 Å². The number of esters is 3. The van der Waals surface area contributed by atoms with Gasteiger partial charge in [-0.3, -0.25) is 14.4 Å². The van der Waals surface area contributed by atoms with Gasteiger partial charge in [-0.05, 0) is 25.2 Å². The molecule has 0 bridgehead atoms. The molecule has 48 heavy (non-hydrogen) atoms. The molecule has 2 atom stereocenters. The first-order chi connectivity index (χ1) is 23.4. The summed E-state index contributed by atoms with van der Waals surface area (Å²) in [6.07, 6.45) is 33.7. The van der Waals surface area contributed by atoms with E-state index in [1.54, 1.807) is 0 Å². The fraction of sp³-hybridized carbons (Fsp3) is 0.929. The summed E-state index contributed by atoms with van der Waals surface area (Å²) < 4.78 is 16.6. The number of rotatable bonds is 37. The van der Waals surface area contributed by atoms with Gasteiger partial charge in [0.1, 0.15) is 13.2 Å². The molecule has 284 valence electrons. The zero-order valence-electron chi connectivity index (χ0n) is 32.4. The minimum atomic E-state index is -0.757. The summed E-state index contributed by atoms with van der Waals surface area (Å²) >= 11 is 0. The second kappa shape index (κ2) is 36.7. The largest absolute Gasteiger partial charge is 0.462 e. The number of hydrogen-bond donors (Lipinski definition) is 0. The average molecular weight is 681 g/mol. The summed E-state index contributed by atoms with van der Waals surface area (Å²) in [5, 5.41) is 0. The molecule has 6 nitrogen and oxygen atoms in total. The quantitative estimate of drug-likeness (QED) is 0.0369. The molecule has 0 fully saturated rings. The monoisotopic (exact) mass is 681 g/mol. The lowest BCUT2D eigenvalue weighted by Crippen LogP contribution is -2.30. The van der Waals surface area contributed by atoms with Crippen molar-refractivity contribution in [2.75, 3.05) is 13.2 Å². The van der Waals surface area contributed by atoms with Crippen LogP contribution in [-0.4, -0.2) is 37.2 Å². The fourth-order valence-corrected chi connectivity index (χ4v) is 6.06. The van der Waals surface area contributed by atoms with Gasteiger partial charge in [-0.25, -0.2) is 0 Å². The van der Waals surface area contributed by atoms with Gasteiger partial charge in [0.15, 0.2) is 6.10 Å². The van der Waals surface area contributed by atoms with Crippen molar-refractivity contribution < 1.29 is 28.6 Å². The van der Waals surface area contributed by atoms with Crippen LogP contribution in [0, 0.1) is 5.92 Å². The lowest BCUT2D eigenvalue weighted by Gasteiger charge is -2.18. The van der Waals surface area contributed by atoms with Gasteiger partial charge in [-0.1, -0.05) is 188 Å². The van der Waals surface area contributed by atoms with Crippen LogP contribution in [0.25, 0.3) is 0 Å². The molecule has 0 aromatic heterocycles. The number of unbranched alkanes of at least 4 members (excludes halogenated alkanes) is 23. The second-order valence-corrected chi connectivity index (χ2v) is 14.5. The maximum atomic E-state index is 12.6. The summed E-state index contributed by atoms with van der Waals surface area (Å²) in [5.74, 6) is -0.0201. The third kappa shape index (κ3) is 34.3. The zero-order chi connectivity index (χ0) is 35.3. The molecule has 0 aliphatic carbocycles. The SMILES string of the molecule is CCCCCCCCCCCCCC(=O)OC[C@@H](COC(=O)CCCCCCCCCCC(C)CC)OC(=O)CCCCCCCCC. The van der Waals surface area contributed by atoms with Gasteiger partial charge >= 0.3 is 17.9 Å². The Morgan fingerprint density at radius 3 is 1.08 bits per heavy atom. The van der Waals surface area contributed by atoms with E-state index in [2.05, 4.69) is 27.7 Å². The molecular formula is C42H80O6. The molecule has 0 aliphatic rings. The van der Waals surface area contributed by atoms with E-state index in [1.165, 1.54) is 122 Å². The molecule has 0 amide bonds. The van der Waals surface area contributed by atoms with Crippen LogP contribution >= 0.6 is 0 Å². The van der Waals surface area contributed by atoms with E-state index in [0.29, 0.717) is 19.3 Å². The highest BCUT2D eigenvalue weighted by Crippen LogP contribution is 2.16. The van der Waals surface area contributed by atoms with Gasteiger partial charge in [0.2, 0.25) is 0 Å². The number of hydrogen-bond acceptors (Lipinski definition) is 6. The summed E-state index contributed by atoms with van der Waals surface area (Å²) in [6, 6.07) is 0. The molecule has 0 spiro atoms. The van der Waals surface area contributed by atoms with Crippen LogP contribution in [0.5, 0.6) is 0 Å². The second-order valence-electron chi connectivity index (χ2n) is 14.5. The molecule has 0 saturated heterocycles. The van der Waals surface area contributed by atoms with Crippen molar-refractivity contribution in [3.05, 3.63) is 0 Å². The Morgan fingerprint density at radius 1 is 0.417 bits per heavy atom. The average Bonchev–Trinajstić information content (AvgIpc) is 3.08. The van der Waals surface area contributed by atoms with Gasteiger partial charge in [0.25, 0.3) is 0 Å². The minimum absolute atomic E-state index is 0.0652. The number of carbonyl (C=O) groups is 3. The van der Waals surface area contributed by atoms with Crippen molar-refractivity contribution in [3.63, 3.8) is 0 Å². The lowest BCUT2D eigenvalue weighted by molar-refractivity contribution is -0.167. The molecule has 0 heterocycles.